The molecule has 1 aromatic carbocycles. The molecule has 15 heavy (non-hydrogen) atoms. The first-order chi connectivity index (χ1) is 7.13. The quantitative estimate of drug-likeness (QED) is 0.608. The fraction of sp³-hybridized carbons (Fsp3) is 0.400. The summed E-state index contributed by atoms with van der Waals surface area (Å²) in [5.41, 5.74) is 6.48. The summed E-state index contributed by atoms with van der Waals surface area (Å²) in [7, 11) is 4.68. The maximum Gasteiger partial charge on any atom is 0.203 e. The molecule has 1 rings (SSSR count). The van der Waals surface area contributed by atoms with Crippen LogP contribution in [0.5, 0.6) is 17.2 Å². The van der Waals surface area contributed by atoms with Crippen LogP contribution in [0.2, 0.25) is 0 Å². The predicted octanol–water partition coefficient (Wildman–Crippen LogP) is 1.60. The summed E-state index contributed by atoms with van der Waals surface area (Å²) < 4.78 is 15.5. The van der Waals surface area contributed by atoms with Gasteiger partial charge in [0.25, 0.3) is 0 Å². The Morgan fingerprint density at radius 3 is 1.80 bits per heavy atom. The minimum absolute atomic E-state index is 0.376. The van der Waals surface area contributed by atoms with Crippen LogP contribution in [0, 0.1) is 0 Å². The van der Waals surface area contributed by atoms with Crippen molar-refractivity contribution in [2.24, 2.45) is 5.73 Å². The molecule has 0 amide bonds. The van der Waals surface area contributed by atoms with Gasteiger partial charge in [0.05, 0.1) is 26.7 Å². The van der Waals surface area contributed by atoms with Crippen LogP contribution in [0.1, 0.15) is 10.9 Å². The van der Waals surface area contributed by atoms with Gasteiger partial charge in [-0.05, 0) is 17.7 Å². The molecule has 1 unspecified atom stereocenters. The fourth-order valence-electron chi connectivity index (χ4n) is 1.27. The van der Waals surface area contributed by atoms with Gasteiger partial charge in [-0.3, -0.25) is 0 Å². The topological polar surface area (TPSA) is 53.7 Å². The number of ether oxygens (including phenoxy) is 3. The number of hydrogen-bond acceptors (Lipinski definition) is 5. The van der Waals surface area contributed by atoms with E-state index >= 15 is 0 Å². The van der Waals surface area contributed by atoms with Crippen LogP contribution in [0.25, 0.3) is 0 Å². The van der Waals surface area contributed by atoms with Gasteiger partial charge in [0.2, 0.25) is 5.75 Å². The predicted molar refractivity (Wildman–Crippen MR) is 62.0 cm³/mol. The van der Waals surface area contributed by atoms with Crippen molar-refractivity contribution in [3.8, 4) is 17.2 Å². The first kappa shape index (κ1) is 12.0. The van der Waals surface area contributed by atoms with Crippen LogP contribution in [-0.4, -0.2) is 21.3 Å². The average molecular weight is 229 g/mol. The van der Waals surface area contributed by atoms with Gasteiger partial charge in [0.15, 0.2) is 11.5 Å². The van der Waals surface area contributed by atoms with E-state index in [9.17, 15) is 0 Å². The van der Waals surface area contributed by atoms with Crippen molar-refractivity contribution in [2.45, 2.75) is 5.37 Å². The fourth-order valence-corrected chi connectivity index (χ4v) is 1.42. The number of nitrogens with two attached hydrogens (primary N) is 1. The Labute approximate surface area is 94.7 Å². The zero-order valence-electron chi connectivity index (χ0n) is 8.98. The number of methoxy groups -OCH3 is 3. The molecule has 0 aliphatic rings. The molecular formula is C10H15NO3S. The molecule has 0 aromatic heterocycles. The molecule has 1 atom stereocenters. The first-order valence-corrected chi connectivity index (χ1v) is 4.89. The molecule has 4 nitrogen and oxygen atoms in total. The highest BCUT2D eigenvalue weighted by Crippen LogP contribution is 2.39. The molecule has 0 aliphatic heterocycles. The Morgan fingerprint density at radius 2 is 1.53 bits per heavy atom. The first-order valence-electron chi connectivity index (χ1n) is 4.37. The third kappa shape index (κ3) is 2.49. The van der Waals surface area contributed by atoms with Gasteiger partial charge < -0.3 is 19.9 Å². The van der Waals surface area contributed by atoms with Gasteiger partial charge in [-0.1, -0.05) is 0 Å². The lowest BCUT2D eigenvalue weighted by atomic mass is 10.2. The Bertz CT molecular complexity index is 316. The van der Waals surface area contributed by atoms with E-state index in [2.05, 4.69) is 12.6 Å². The van der Waals surface area contributed by atoms with Gasteiger partial charge in [-0.2, -0.15) is 12.6 Å². The Morgan fingerprint density at radius 1 is 1.07 bits per heavy atom. The van der Waals surface area contributed by atoms with Crippen LogP contribution >= 0.6 is 12.6 Å². The van der Waals surface area contributed by atoms with E-state index in [-0.39, 0.29) is 5.37 Å². The molecule has 0 bridgehead atoms. The monoisotopic (exact) mass is 229 g/mol. The Balaban J connectivity index is 3.29. The van der Waals surface area contributed by atoms with Crippen LogP contribution in [-0.2, 0) is 0 Å². The van der Waals surface area contributed by atoms with E-state index in [1.807, 2.05) is 0 Å². The molecule has 1 aromatic rings. The smallest absolute Gasteiger partial charge is 0.203 e. The SMILES string of the molecule is COc1cc(C(N)S)cc(OC)c1OC. The molecule has 0 saturated carbocycles. The van der Waals surface area contributed by atoms with E-state index in [0.29, 0.717) is 17.2 Å². The van der Waals surface area contributed by atoms with Gasteiger partial charge in [0, 0.05) is 0 Å². The molecular weight excluding hydrogens is 214 g/mol. The molecule has 0 heterocycles. The number of thiol groups is 1. The summed E-state index contributed by atoms with van der Waals surface area (Å²) in [6.45, 7) is 0. The van der Waals surface area contributed by atoms with Crippen molar-refractivity contribution in [1.82, 2.24) is 0 Å². The third-order valence-corrected chi connectivity index (χ3v) is 2.33. The summed E-state index contributed by atoms with van der Waals surface area (Å²) in [6, 6.07) is 3.55. The second-order valence-electron chi connectivity index (χ2n) is 2.90. The van der Waals surface area contributed by atoms with E-state index in [1.165, 1.54) is 0 Å². The second-order valence-corrected chi connectivity index (χ2v) is 3.46. The second kappa shape index (κ2) is 5.14. The molecule has 5 heteroatoms. The van der Waals surface area contributed by atoms with Gasteiger partial charge in [-0.15, -0.1) is 0 Å². The summed E-state index contributed by atoms with van der Waals surface area (Å²) in [5, 5.41) is -0.376. The number of benzene rings is 1. The maximum absolute atomic E-state index is 5.66. The zero-order chi connectivity index (χ0) is 11.4. The van der Waals surface area contributed by atoms with E-state index in [4.69, 9.17) is 19.9 Å². The highest BCUT2D eigenvalue weighted by molar-refractivity contribution is 7.80. The summed E-state index contributed by atoms with van der Waals surface area (Å²) in [4.78, 5) is 0. The largest absolute Gasteiger partial charge is 0.493 e. The molecule has 0 fully saturated rings. The standard InChI is InChI=1S/C10H15NO3S/c1-12-7-4-6(10(11)15)5-8(13-2)9(7)14-3/h4-5,10,15H,11H2,1-3H3. The molecule has 0 radical (unpaired) electrons. The van der Waals surface area contributed by atoms with E-state index < -0.39 is 0 Å². The lowest BCUT2D eigenvalue weighted by Crippen LogP contribution is -2.04. The van der Waals surface area contributed by atoms with Crippen molar-refractivity contribution in [3.63, 3.8) is 0 Å². The van der Waals surface area contributed by atoms with Crippen molar-refractivity contribution in [3.05, 3.63) is 17.7 Å². The zero-order valence-corrected chi connectivity index (χ0v) is 9.88. The molecule has 0 saturated heterocycles. The van der Waals surface area contributed by atoms with Crippen LogP contribution < -0.4 is 19.9 Å². The van der Waals surface area contributed by atoms with Crippen molar-refractivity contribution in [2.75, 3.05) is 21.3 Å². The summed E-state index contributed by atoms with van der Waals surface area (Å²) >= 11 is 4.15. The minimum Gasteiger partial charge on any atom is -0.493 e. The Kier molecular flexibility index (Phi) is 4.11. The normalized spacial score (nSPS) is 12.1. The van der Waals surface area contributed by atoms with Crippen molar-refractivity contribution >= 4 is 12.6 Å². The van der Waals surface area contributed by atoms with E-state index in [1.54, 1.807) is 33.5 Å². The van der Waals surface area contributed by atoms with Crippen LogP contribution in [0.3, 0.4) is 0 Å². The third-order valence-electron chi connectivity index (χ3n) is 2.03. The summed E-state index contributed by atoms with van der Waals surface area (Å²) in [5.74, 6) is 1.71. The number of rotatable bonds is 4. The maximum atomic E-state index is 5.66. The molecule has 0 aliphatic carbocycles. The molecule has 0 spiro atoms. The number of hydrogen-bond donors (Lipinski definition) is 2. The van der Waals surface area contributed by atoms with Crippen molar-refractivity contribution < 1.29 is 14.2 Å². The average Bonchev–Trinajstić information content (AvgIpc) is 2.26. The lowest BCUT2D eigenvalue weighted by molar-refractivity contribution is 0.324. The van der Waals surface area contributed by atoms with Gasteiger partial charge >= 0.3 is 0 Å². The van der Waals surface area contributed by atoms with Gasteiger partial charge in [-0.25, -0.2) is 0 Å². The Hall–Kier alpha value is -1.07. The van der Waals surface area contributed by atoms with Gasteiger partial charge in [0.1, 0.15) is 0 Å². The van der Waals surface area contributed by atoms with E-state index in [0.717, 1.165) is 5.56 Å². The van der Waals surface area contributed by atoms with Crippen LogP contribution in [0.15, 0.2) is 12.1 Å². The highest BCUT2D eigenvalue weighted by Gasteiger charge is 2.14. The summed E-state index contributed by atoms with van der Waals surface area (Å²) in [6.07, 6.45) is 0. The molecule has 84 valence electrons. The van der Waals surface area contributed by atoms with Crippen molar-refractivity contribution in [1.29, 1.82) is 0 Å². The minimum atomic E-state index is -0.376. The van der Waals surface area contributed by atoms with Crippen LogP contribution in [0.4, 0.5) is 0 Å². The lowest BCUT2D eigenvalue weighted by Gasteiger charge is -2.15. The highest BCUT2D eigenvalue weighted by atomic mass is 32.1. The molecule has 2 N–H and O–H groups in total.